The van der Waals surface area contributed by atoms with E-state index in [-0.39, 0.29) is 25.0 Å². The number of aryl methyl sites for hydroxylation is 1. The van der Waals surface area contributed by atoms with Crippen molar-refractivity contribution in [3.05, 3.63) is 28.2 Å². The van der Waals surface area contributed by atoms with Gasteiger partial charge in [-0.2, -0.15) is 0 Å². The van der Waals surface area contributed by atoms with E-state index in [0.29, 0.717) is 0 Å². The Balaban J connectivity index is 1.74. The molecule has 7 nitrogen and oxygen atoms in total. The standard InChI is InChI=1S/C16H21BrN4O3/c1-10-7-11(17)3-6-13(10)19-14(22)8-21(2)9-15(23)20-16(24)18-12-4-5-12/h3,6-7,12H,4-5,8-9H2,1-2H3,(H,19,22)(H2,18,20,23,24). The molecule has 1 fully saturated rings. The van der Waals surface area contributed by atoms with Crippen LogP contribution in [0.5, 0.6) is 0 Å². The number of anilines is 1. The molecule has 1 saturated carbocycles. The minimum absolute atomic E-state index is 0.0369. The molecular weight excluding hydrogens is 376 g/mol. The van der Waals surface area contributed by atoms with E-state index in [9.17, 15) is 14.4 Å². The molecule has 0 radical (unpaired) electrons. The second-order valence-electron chi connectivity index (χ2n) is 5.98. The highest BCUT2D eigenvalue weighted by molar-refractivity contribution is 9.10. The van der Waals surface area contributed by atoms with Gasteiger partial charge in [-0.15, -0.1) is 0 Å². The maximum Gasteiger partial charge on any atom is 0.321 e. The summed E-state index contributed by atoms with van der Waals surface area (Å²) in [7, 11) is 1.65. The van der Waals surface area contributed by atoms with Gasteiger partial charge in [0.15, 0.2) is 0 Å². The van der Waals surface area contributed by atoms with Crippen molar-refractivity contribution < 1.29 is 14.4 Å². The Morgan fingerprint density at radius 3 is 2.50 bits per heavy atom. The molecule has 1 aliphatic carbocycles. The van der Waals surface area contributed by atoms with E-state index in [0.717, 1.165) is 28.6 Å². The number of urea groups is 1. The zero-order valence-electron chi connectivity index (χ0n) is 13.7. The first-order valence-electron chi connectivity index (χ1n) is 7.68. The van der Waals surface area contributed by atoms with E-state index in [2.05, 4.69) is 31.9 Å². The van der Waals surface area contributed by atoms with Gasteiger partial charge < -0.3 is 10.6 Å². The number of rotatable bonds is 6. The summed E-state index contributed by atoms with van der Waals surface area (Å²) in [4.78, 5) is 36.8. The van der Waals surface area contributed by atoms with Crippen LogP contribution in [0, 0.1) is 6.92 Å². The number of amides is 4. The van der Waals surface area contributed by atoms with Crippen molar-refractivity contribution in [3.63, 3.8) is 0 Å². The van der Waals surface area contributed by atoms with Crippen LogP contribution >= 0.6 is 15.9 Å². The van der Waals surface area contributed by atoms with Crippen LogP contribution < -0.4 is 16.0 Å². The number of hydrogen-bond donors (Lipinski definition) is 3. The van der Waals surface area contributed by atoms with Crippen molar-refractivity contribution in [1.29, 1.82) is 0 Å². The maximum absolute atomic E-state index is 12.0. The van der Waals surface area contributed by atoms with Gasteiger partial charge in [0.25, 0.3) is 0 Å². The van der Waals surface area contributed by atoms with Crippen molar-refractivity contribution in [2.75, 3.05) is 25.5 Å². The molecule has 0 spiro atoms. The van der Waals surface area contributed by atoms with Gasteiger partial charge in [-0.05, 0) is 50.6 Å². The van der Waals surface area contributed by atoms with Crippen LogP contribution in [0.2, 0.25) is 0 Å². The fourth-order valence-corrected chi connectivity index (χ4v) is 2.59. The quantitative estimate of drug-likeness (QED) is 0.681. The first-order valence-corrected chi connectivity index (χ1v) is 8.47. The number of nitrogens with zero attached hydrogens (tertiary/aromatic N) is 1. The van der Waals surface area contributed by atoms with Gasteiger partial charge in [0.2, 0.25) is 11.8 Å². The molecule has 130 valence electrons. The molecule has 1 aromatic carbocycles. The molecule has 0 unspecified atom stereocenters. The van der Waals surface area contributed by atoms with E-state index in [1.807, 2.05) is 25.1 Å². The Morgan fingerprint density at radius 1 is 1.21 bits per heavy atom. The summed E-state index contributed by atoms with van der Waals surface area (Å²) < 4.78 is 0.941. The SMILES string of the molecule is Cc1cc(Br)ccc1NC(=O)CN(C)CC(=O)NC(=O)NC1CC1. The molecule has 0 heterocycles. The average Bonchev–Trinajstić information content (AvgIpc) is 3.25. The van der Waals surface area contributed by atoms with Crippen LogP contribution in [-0.2, 0) is 9.59 Å². The molecule has 0 aromatic heterocycles. The van der Waals surface area contributed by atoms with Crippen LogP contribution in [0.3, 0.4) is 0 Å². The highest BCUT2D eigenvalue weighted by Crippen LogP contribution is 2.20. The van der Waals surface area contributed by atoms with Crippen molar-refractivity contribution in [3.8, 4) is 0 Å². The second kappa shape index (κ2) is 8.25. The number of carbonyl (C=O) groups is 3. The predicted octanol–water partition coefficient (Wildman–Crippen LogP) is 1.62. The Labute approximate surface area is 149 Å². The Bertz CT molecular complexity index is 646. The smallest absolute Gasteiger partial charge is 0.321 e. The largest absolute Gasteiger partial charge is 0.335 e. The van der Waals surface area contributed by atoms with Crippen LogP contribution in [0.4, 0.5) is 10.5 Å². The lowest BCUT2D eigenvalue weighted by Gasteiger charge is -2.16. The minimum atomic E-state index is -0.481. The first kappa shape index (κ1) is 18.4. The number of benzene rings is 1. The van der Waals surface area contributed by atoms with E-state index in [1.165, 1.54) is 0 Å². The Kier molecular flexibility index (Phi) is 6.33. The third-order valence-corrected chi connectivity index (χ3v) is 3.95. The summed E-state index contributed by atoms with van der Waals surface area (Å²) in [6.07, 6.45) is 1.91. The van der Waals surface area contributed by atoms with Crippen molar-refractivity contribution in [1.82, 2.24) is 15.5 Å². The molecule has 0 bridgehead atoms. The number of carbonyl (C=O) groups excluding carboxylic acids is 3. The molecule has 4 amide bonds. The minimum Gasteiger partial charge on any atom is -0.335 e. The summed E-state index contributed by atoms with van der Waals surface area (Å²) in [6.45, 7) is 1.91. The molecule has 0 atom stereocenters. The molecule has 0 aliphatic heterocycles. The highest BCUT2D eigenvalue weighted by Gasteiger charge is 2.24. The van der Waals surface area contributed by atoms with Crippen molar-refractivity contribution in [2.24, 2.45) is 0 Å². The number of nitrogens with one attached hydrogen (secondary N) is 3. The van der Waals surface area contributed by atoms with Crippen LogP contribution in [-0.4, -0.2) is 48.9 Å². The Hall–Kier alpha value is -1.93. The molecule has 3 N–H and O–H groups in total. The number of likely N-dealkylation sites (N-methyl/N-ethyl adjacent to an activating group) is 1. The molecule has 8 heteroatoms. The molecule has 0 saturated heterocycles. The van der Waals surface area contributed by atoms with E-state index < -0.39 is 11.9 Å². The predicted molar refractivity (Wildman–Crippen MR) is 94.7 cm³/mol. The molecule has 24 heavy (non-hydrogen) atoms. The van der Waals surface area contributed by atoms with Crippen LogP contribution in [0.15, 0.2) is 22.7 Å². The lowest BCUT2D eigenvalue weighted by molar-refractivity contribution is -0.122. The summed E-state index contributed by atoms with van der Waals surface area (Å²) in [5.41, 5.74) is 1.67. The zero-order chi connectivity index (χ0) is 17.7. The number of imide groups is 1. The topological polar surface area (TPSA) is 90.5 Å². The van der Waals surface area contributed by atoms with Gasteiger partial charge in [-0.3, -0.25) is 19.8 Å². The highest BCUT2D eigenvalue weighted by atomic mass is 79.9. The third kappa shape index (κ3) is 6.29. The van der Waals surface area contributed by atoms with Gasteiger partial charge in [0.1, 0.15) is 0 Å². The monoisotopic (exact) mass is 396 g/mol. The van der Waals surface area contributed by atoms with Gasteiger partial charge in [0.05, 0.1) is 13.1 Å². The summed E-state index contributed by atoms with van der Waals surface area (Å²) >= 11 is 3.37. The van der Waals surface area contributed by atoms with E-state index >= 15 is 0 Å². The normalized spacial score (nSPS) is 13.5. The maximum atomic E-state index is 12.0. The number of halogens is 1. The van der Waals surface area contributed by atoms with Gasteiger partial charge in [0, 0.05) is 16.2 Å². The molecular formula is C16H21BrN4O3. The first-order chi connectivity index (χ1) is 11.3. The summed E-state index contributed by atoms with van der Waals surface area (Å²) in [5.74, 6) is -0.665. The molecule has 2 rings (SSSR count). The van der Waals surface area contributed by atoms with E-state index in [1.54, 1.807) is 11.9 Å². The van der Waals surface area contributed by atoms with Crippen molar-refractivity contribution in [2.45, 2.75) is 25.8 Å². The van der Waals surface area contributed by atoms with Gasteiger partial charge >= 0.3 is 6.03 Å². The zero-order valence-corrected chi connectivity index (χ0v) is 15.3. The third-order valence-electron chi connectivity index (χ3n) is 3.46. The second-order valence-corrected chi connectivity index (χ2v) is 6.89. The average molecular weight is 397 g/mol. The van der Waals surface area contributed by atoms with Crippen LogP contribution in [0.1, 0.15) is 18.4 Å². The number of hydrogen-bond acceptors (Lipinski definition) is 4. The van der Waals surface area contributed by atoms with Gasteiger partial charge in [-0.25, -0.2) is 4.79 Å². The summed E-state index contributed by atoms with van der Waals surface area (Å²) in [5, 5.41) is 7.73. The molecule has 1 aromatic rings. The lowest BCUT2D eigenvalue weighted by Crippen LogP contribution is -2.45. The fourth-order valence-electron chi connectivity index (χ4n) is 2.12. The van der Waals surface area contributed by atoms with Crippen molar-refractivity contribution >= 4 is 39.5 Å². The summed E-state index contributed by atoms with van der Waals surface area (Å²) in [6, 6.07) is 5.27. The lowest BCUT2D eigenvalue weighted by atomic mass is 10.2. The Morgan fingerprint density at radius 2 is 1.88 bits per heavy atom. The van der Waals surface area contributed by atoms with Crippen LogP contribution in [0.25, 0.3) is 0 Å². The van der Waals surface area contributed by atoms with E-state index in [4.69, 9.17) is 0 Å². The molecule has 1 aliphatic rings. The fraction of sp³-hybridized carbons (Fsp3) is 0.438. The van der Waals surface area contributed by atoms with Gasteiger partial charge in [-0.1, -0.05) is 15.9 Å².